The number of nitrogens with one attached hydrogen (secondary N) is 1. The van der Waals surface area contributed by atoms with E-state index in [1.54, 1.807) is 19.2 Å². The second-order valence-corrected chi connectivity index (χ2v) is 7.13. The van der Waals surface area contributed by atoms with Crippen molar-refractivity contribution in [2.45, 2.75) is 32.9 Å². The highest BCUT2D eigenvalue weighted by atomic mass is 19.4. The predicted octanol–water partition coefficient (Wildman–Crippen LogP) is 5.79. The molecule has 0 amide bonds. The molecule has 154 valence electrons. The van der Waals surface area contributed by atoms with Crippen LogP contribution in [0.4, 0.5) is 18.9 Å². The number of aromatic nitrogens is 3. The van der Waals surface area contributed by atoms with E-state index in [1.165, 1.54) is 0 Å². The Hall–Kier alpha value is -3.29. The summed E-state index contributed by atoms with van der Waals surface area (Å²) in [6.07, 6.45) is 2.50. The number of pyridine rings is 1. The molecular formula is C22H20F3N5. The lowest BCUT2D eigenvalue weighted by Crippen LogP contribution is -2.12. The maximum absolute atomic E-state index is 13.6. The van der Waals surface area contributed by atoms with Gasteiger partial charge in [-0.3, -0.25) is 4.98 Å². The van der Waals surface area contributed by atoms with Gasteiger partial charge in [-0.15, -0.1) is 0 Å². The van der Waals surface area contributed by atoms with Crippen molar-refractivity contribution >= 4 is 28.3 Å². The topological polar surface area (TPSA) is 66.3 Å². The SMILES string of the molecule is CCC1CC=CC(c2ccccn2)=NC1=Nc1cc(C(F)(F)F)c2nc(C)[nH]c2c1. The number of hydrogen-bond donors (Lipinski definition) is 1. The number of aryl methyl sites for hydroxylation is 1. The van der Waals surface area contributed by atoms with Gasteiger partial charge >= 0.3 is 6.18 Å². The van der Waals surface area contributed by atoms with Crippen LogP contribution in [0.25, 0.3) is 11.0 Å². The number of aliphatic imine (C=N–C) groups is 2. The molecule has 4 rings (SSSR count). The number of H-pyrrole nitrogens is 1. The predicted molar refractivity (Wildman–Crippen MR) is 111 cm³/mol. The van der Waals surface area contributed by atoms with Gasteiger partial charge in [0.1, 0.15) is 17.2 Å². The molecule has 3 heterocycles. The molecule has 0 spiro atoms. The van der Waals surface area contributed by atoms with Gasteiger partial charge in [-0.2, -0.15) is 13.2 Å². The summed E-state index contributed by atoms with van der Waals surface area (Å²) >= 11 is 0. The minimum absolute atomic E-state index is 0.00370. The first-order valence-corrected chi connectivity index (χ1v) is 9.68. The molecule has 1 aromatic carbocycles. The van der Waals surface area contributed by atoms with Crippen LogP contribution < -0.4 is 0 Å². The van der Waals surface area contributed by atoms with Crippen LogP contribution in [0.1, 0.15) is 36.8 Å². The van der Waals surface area contributed by atoms with Gasteiger partial charge in [-0.1, -0.05) is 19.1 Å². The Labute approximate surface area is 171 Å². The Balaban J connectivity index is 1.86. The maximum Gasteiger partial charge on any atom is 0.418 e. The average molecular weight is 411 g/mol. The average Bonchev–Trinajstić information content (AvgIpc) is 2.96. The molecule has 0 radical (unpaired) electrons. The van der Waals surface area contributed by atoms with E-state index in [0.717, 1.165) is 12.5 Å². The van der Waals surface area contributed by atoms with Gasteiger partial charge in [-0.05, 0) is 50.1 Å². The molecule has 5 nitrogen and oxygen atoms in total. The molecule has 0 bridgehead atoms. The number of alkyl halides is 3. The number of aromatic amines is 1. The largest absolute Gasteiger partial charge is 0.418 e. The normalized spacial score (nSPS) is 18.6. The molecule has 0 fully saturated rings. The Kier molecular flexibility index (Phi) is 5.24. The van der Waals surface area contributed by atoms with Gasteiger partial charge in [0.05, 0.1) is 28.2 Å². The second kappa shape index (κ2) is 7.85. The minimum atomic E-state index is -4.53. The van der Waals surface area contributed by atoms with Crippen LogP contribution in [0.2, 0.25) is 0 Å². The maximum atomic E-state index is 13.6. The van der Waals surface area contributed by atoms with E-state index in [9.17, 15) is 13.2 Å². The van der Waals surface area contributed by atoms with Crippen LogP contribution in [0.5, 0.6) is 0 Å². The van der Waals surface area contributed by atoms with E-state index in [2.05, 4.69) is 24.9 Å². The second-order valence-electron chi connectivity index (χ2n) is 7.13. The third-order valence-corrected chi connectivity index (χ3v) is 4.96. The minimum Gasteiger partial charge on any atom is -0.342 e. The summed E-state index contributed by atoms with van der Waals surface area (Å²) < 4.78 is 40.9. The van der Waals surface area contributed by atoms with Crippen molar-refractivity contribution in [3.05, 3.63) is 65.8 Å². The third kappa shape index (κ3) is 4.03. The molecule has 1 atom stereocenters. The van der Waals surface area contributed by atoms with Gasteiger partial charge in [-0.25, -0.2) is 15.0 Å². The summed E-state index contributed by atoms with van der Waals surface area (Å²) in [6, 6.07) is 8.14. The van der Waals surface area contributed by atoms with E-state index in [4.69, 9.17) is 0 Å². The van der Waals surface area contributed by atoms with E-state index < -0.39 is 11.7 Å². The highest BCUT2D eigenvalue weighted by Gasteiger charge is 2.34. The molecule has 1 aliphatic rings. The molecule has 0 saturated carbocycles. The summed E-state index contributed by atoms with van der Waals surface area (Å²) in [7, 11) is 0. The Bertz CT molecular complexity index is 1160. The van der Waals surface area contributed by atoms with Gasteiger partial charge in [0.25, 0.3) is 0 Å². The highest BCUT2D eigenvalue weighted by molar-refractivity contribution is 6.14. The molecule has 0 aliphatic carbocycles. The third-order valence-electron chi connectivity index (χ3n) is 4.96. The van der Waals surface area contributed by atoms with Gasteiger partial charge < -0.3 is 4.98 Å². The Morgan fingerprint density at radius 1 is 1.23 bits per heavy atom. The van der Waals surface area contributed by atoms with E-state index in [-0.39, 0.29) is 17.1 Å². The van der Waals surface area contributed by atoms with E-state index >= 15 is 0 Å². The Morgan fingerprint density at radius 2 is 2.07 bits per heavy atom. The molecule has 30 heavy (non-hydrogen) atoms. The smallest absolute Gasteiger partial charge is 0.342 e. The monoisotopic (exact) mass is 411 g/mol. The van der Waals surface area contributed by atoms with Crippen LogP contribution in [0, 0.1) is 12.8 Å². The van der Waals surface area contributed by atoms with Gasteiger partial charge in [0.2, 0.25) is 0 Å². The lowest BCUT2D eigenvalue weighted by Gasteiger charge is -2.13. The van der Waals surface area contributed by atoms with Crippen molar-refractivity contribution in [1.29, 1.82) is 0 Å². The Morgan fingerprint density at radius 3 is 2.77 bits per heavy atom. The lowest BCUT2D eigenvalue weighted by molar-refractivity contribution is -0.136. The van der Waals surface area contributed by atoms with Crippen molar-refractivity contribution in [3.8, 4) is 0 Å². The standard InChI is InChI=1S/C22H20F3N5/c1-3-14-7-6-9-18(17-8-4-5-10-26-17)30-21(14)29-15-11-16(22(23,24)25)20-19(12-15)27-13(2)28-20/h4-6,8-12,14H,3,7H2,1-2H3,(H,27,28). The molecule has 1 N–H and O–H groups in total. The first kappa shape index (κ1) is 20.0. The van der Waals surface area contributed by atoms with Gasteiger partial charge in [0.15, 0.2) is 0 Å². The van der Waals surface area contributed by atoms with Crippen molar-refractivity contribution in [3.63, 3.8) is 0 Å². The van der Waals surface area contributed by atoms with Gasteiger partial charge in [0, 0.05) is 12.1 Å². The zero-order chi connectivity index (χ0) is 21.3. The number of benzene rings is 1. The highest BCUT2D eigenvalue weighted by Crippen LogP contribution is 2.37. The number of fused-ring (bicyclic) bond motifs is 1. The summed E-state index contributed by atoms with van der Waals surface area (Å²) in [5.41, 5.74) is 0.913. The number of halogens is 3. The first-order valence-electron chi connectivity index (χ1n) is 9.68. The fourth-order valence-electron chi connectivity index (χ4n) is 3.46. The lowest BCUT2D eigenvalue weighted by atomic mass is 10.0. The van der Waals surface area contributed by atoms with Crippen LogP contribution in [0.15, 0.2) is 58.7 Å². The number of hydrogen-bond acceptors (Lipinski definition) is 3. The van der Waals surface area contributed by atoms with Crippen LogP contribution in [-0.4, -0.2) is 26.5 Å². The van der Waals surface area contributed by atoms with E-state index in [0.29, 0.717) is 35.0 Å². The zero-order valence-corrected chi connectivity index (χ0v) is 16.5. The van der Waals surface area contributed by atoms with Crippen molar-refractivity contribution < 1.29 is 13.2 Å². The fraction of sp³-hybridized carbons (Fsp3) is 0.273. The number of rotatable bonds is 3. The first-order chi connectivity index (χ1) is 14.3. The molecule has 8 heteroatoms. The molecular weight excluding hydrogens is 391 g/mol. The molecule has 2 aromatic heterocycles. The number of imidazole rings is 1. The van der Waals surface area contributed by atoms with Crippen LogP contribution in [-0.2, 0) is 6.18 Å². The number of nitrogens with zero attached hydrogens (tertiary/aromatic N) is 4. The van der Waals surface area contributed by atoms with Crippen LogP contribution >= 0.6 is 0 Å². The summed E-state index contributed by atoms with van der Waals surface area (Å²) in [5.74, 6) is 0.906. The molecule has 1 aliphatic heterocycles. The summed E-state index contributed by atoms with van der Waals surface area (Å²) in [6.45, 7) is 3.64. The van der Waals surface area contributed by atoms with Crippen molar-refractivity contribution in [2.75, 3.05) is 0 Å². The fourth-order valence-corrected chi connectivity index (χ4v) is 3.46. The summed E-state index contributed by atoms with van der Waals surface area (Å²) in [4.78, 5) is 20.4. The number of allylic oxidation sites excluding steroid dienone is 2. The molecule has 3 aromatic rings. The summed E-state index contributed by atoms with van der Waals surface area (Å²) in [5, 5.41) is 0. The van der Waals surface area contributed by atoms with Crippen molar-refractivity contribution in [1.82, 2.24) is 15.0 Å². The van der Waals surface area contributed by atoms with Crippen LogP contribution in [0.3, 0.4) is 0 Å². The molecule has 1 unspecified atom stereocenters. The van der Waals surface area contributed by atoms with Crippen molar-refractivity contribution in [2.24, 2.45) is 15.9 Å². The quantitative estimate of drug-likeness (QED) is 0.593. The zero-order valence-electron chi connectivity index (χ0n) is 16.5. The van der Waals surface area contributed by atoms with E-state index in [1.807, 2.05) is 37.3 Å². The number of amidine groups is 1. The molecule has 0 saturated heterocycles.